The first-order valence-electron chi connectivity index (χ1n) is 7.67. The molecule has 0 amide bonds. The first-order chi connectivity index (χ1) is 9.39. The molecule has 1 aromatic carbocycles. The minimum atomic E-state index is 0.161. The monoisotopic (exact) mass is 338 g/mol. The van der Waals surface area contributed by atoms with E-state index >= 15 is 0 Å². The van der Waals surface area contributed by atoms with Crippen LogP contribution in [0.1, 0.15) is 46.1 Å². The summed E-state index contributed by atoms with van der Waals surface area (Å²) in [4.78, 5) is 2.51. The van der Waals surface area contributed by atoms with E-state index in [0.29, 0.717) is 0 Å². The third kappa shape index (κ3) is 4.23. The lowest BCUT2D eigenvalue weighted by atomic mass is 10.1. The topological polar surface area (TPSA) is 15.3 Å². The first kappa shape index (κ1) is 15.8. The fraction of sp³-hybridized carbons (Fsp3) is 0.647. The Morgan fingerprint density at radius 3 is 2.65 bits per heavy atom. The molecule has 1 atom stereocenters. The average molecular weight is 339 g/mol. The Kier molecular flexibility index (Phi) is 5.14. The molecule has 2 nitrogen and oxygen atoms in total. The second-order valence-electron chi connectivity index (χ2n) is 6.90. The highest BCUT2D eigenvalue weighted by Crippen LogP contribution is 2.32. The van der Waals surface area contributed by atoms with Gasteiger partial charge < -0.3 is 10.2 Å². The van der Waals surface area contributed by atoms with Gasteiger partial charge in [-0.05, 0) is 66.7 Å². The van der Waals surface area contributed by atoms with Crippen molar-refractivity contribution in [1.82, 2.24) is 5.32 Å². The van der Waals surface area contributed by atoms with E-state index in [4.69, 9.17) is 0 Å². The molecule has 1 unspecified atom stereocenters. The van der Waals surface area contributed by atoms with Crippen molar-refractivity contribution in [2.24, 2.45) is 5.92 Å². The Hall–Kier alpha value is -0.540. The summed E-state index contributed by atoms with van der Waals surface area (Å²) < 4.78 is 1.22. The summed E-state index contributed by atoms with van der Waals surface area (Å²) in [6.07, 6.45) is 2.62. The second-order valence-corrected chi connectivity index (χ2v) is 7.75. The second kappa shape index (κ2) is 6.48. The minimum absolute atomic E-state index is 0.161. The summed E-state index contributed by atoms with van der Waals surface area (Å²) in [7, 11) is 0. The van der Waals surface area contributed by atoms with E-state index in [1.165, 1.54) is 41.7 Å². The van der Waals surface area contributed by atoms with Crippen LogP contribution < -0.4 is 10.2 Å². The van der Waals surface area contributed by atoms with Gasteiger partial charge in [-0.1, -0.05) is 19.4 Å². The van der Waals surface area contributed by atoms with E-state index in [-0.39, 0.29) is 5.54 Å². The lowest BCUT2D eigenvalue weighted by molar-refractivity contribution is 0.424. The van der Waals surface area contributed by atoms with Crippen molar-refractivity contribution in [2.75, 3.05) is 18.0 Å². The molecular weight excluding hydrogens is 312 g/mol. The van der Waals surface area contributed by atoms with Crippen LogP contribution in [-0.4, -0.2) is 18.6 Å². The summed E-state index contributed by atoms with van der Waals surface area (Å²) in [5.41, 5.74) is 2.84. The molecule has 0 saturated carbocycles. The van der Waals surface area contributed by atoms with Gasteiger partial charge in [0.25, 0.3) is 0 Å². The highest BCUT2D eigenvalue weighted by molar-refractivity contribution is 9.10. The van der Waals surface area contributed by atoms with Crippen molar-refractivity contribution < 1.29 is 0 Å². The standard InChI is InChI=1S/C17H27BrN2/c1-5-13-8-9-20(12-13)16-7-6-14(10-15(16)18)11-19-17(2,3)4/h6-7,10,13,19H,5,8-9,11-12H2,1-4H3. The van der Waals surface area contributed by atoms with Gasteiger partial charge in [0, 0.05) is 29.6 Å². The van der Waals surface area contributed by atoms with Gasteiger partial charge in [-0.15, -0.1) is 0 Å². The number of benzene rings is 1. The highest BCUT2D eigenvalue weighted by atomic mass is 79.9. The van der Waals surface area contributed by atoms with Crippen LogP contribution >= 0.6 is 15.9 Å². The molecule has 2 rings (SSSR count). The summed E-state index contributed by atoms with van der Waals surface area (Å²) in [5, 5.41) is 3.54. The number of hydrogen-bond acceptors (Lipinski definition) is 2. The number of rotatable bonds is 4. The quantitative estimate of drug-likeness (QED) is 0.864. The molecule has 0 bridgehead atoms. The predicted octanol–water partition coefficient (Wildman–Crippen LogP) is 4.57. The van der Waals surface area contributed by atoms with E-state index < -0.39 is 0 Å². The fourth-order valence-electron chi connectivity index (χ4n) is 2.67. The predicted molar refractivity (Wildman–Crippen MR) is 91.3 cm³/mol. The normalized spacial score (nSPS) is 19.6. The summed E-state index contributed by atoms with van der Waals surface area (Å²) in [6, 6.07) is 6.77. The van der Waals surface area contributed by atoms with Gasteiger partial charge in [0.05, 0.1) is 5.69 Å². The van der Waals surface area contributed by atoms with E-state index in [0.717, 1.165) is 12.5 Å². The molecule has 3 heteroatoms. The summed E-state index contributed by atoms with van der Waals surface area (Å²) in [6.45, 7) is 12.2. The fourth-order valence-corrected chi connectivity index (χ4v) is 3.35. The smallest absolute Gasteiger partial charge is 0.0510 e. The van der Waals surface area contributed by atoms with E-state index in [9.17, 15) is 0 Å². The van der Waals surface area contributed by atoms with Crippen LogP contribution in [0, 0.1) is 5.92 Å². The Balaban J connectivity index is 2.03. The zero-order chi connectivity index (χ0) is 14.8. The molecule has 0 aliphatic carbocycles. The lowest BCUT2D eigenvalue weighted by Crippen LogP contribution is -2.35. The molecule has 0 spiro atoms. The molecule has 1 N–H and O–H groups in total. The van der Waals surface area contributed by atoms with Gasteiger partial charge >= 0.3 is 0 Å². The molecular formula is C17H27BrN2. The van der Waals surface area contributed by atoms with Gasteiger partial charge in [-0.25, -0.2) is 0 Å². The minimum Gasteiger partial charge on any atom is -0.370 e. The van der Waals surface area contributed by atoms with Gasteiger partial charge in [0.15, 0.2) is 0 Å². The van der Waals surface area contributed by atoms with Gasteiger partial charge in [-0.2, -0.15) is 0 Å². The number of anilines is 1. The molecule has 1 aromatic rings. The van der Waals surface area contributed by atoms with Crippen LogP contribution in [0.5, 0.6) is 0 Å². The van der Waals surface area contributed by atoms with Crippen molar-refractivity contribution in [3.63, 3.8) is 0 Å². The first-order valence-corrected chi connectivity index (χ1v) is 8.47. The van der Waals surface area contributed by atoms with E-state index in [2.05, 4.69) is 72.0 Å². The number of nitrogens with zero attached hydrogens (tertiary/aromatic N) is 1. The van der Waals surface area contributed by atoms with Crippen LogP contribution in [-0.2, 0) is 6.54 Å². The Labute approximate surface area is 132 Å². The molecule has 1 aliphatic rings. The van der Waals surface area contributed by atoms with Crippen molar-refractivity contribution in [2.45, 2.75) is 52.6 Å². The molecule has 112 valence electrons. The zero-order valence-electron chi connectivity index (χ0n) is 13.2. The highest BCUT2D eigenvalue weighted by Gasteiger charge is 2.22. The number of halogens is 1. The van der Waals surface area contributed by atoms with E-state index in [1.807, 2.05) is 0 Å². The van der Waals surface area contributed by atoms with Crippen LogP contribution in [0.3, 0.4) is 0 Å². The van der Waals surface area contributed by atoms with Crippen LogP contribution in [0.25, 0.3) is 0 Å². The summed E-state index contributed by atoms with van der Waals surface area (Å²) >= 11 is 3.75. The van der Waals surface area contributed by atoms with E-state index in [1.54, 1.807) is 0 Å². The van der Waals surface area contributed by atoms with Crippen LogP contribution in [0.2, 0.25) is 0 Å². The van der Waals surface area contributed by atoms with Crippen LogP contribution in [0.15, 0.2) is 22.7 Å². The Morgan fingerprint density at radius 1 is 1.35 bits per heavy atom. The maximum Gasteiger partial charge on any atom is 0.0510 e. The lowest BCUT2D eigenvalue weighted by Gasteiger charge is -2.23. The third-order valence-corrected chi connectivity index (χ3v) is 4.67. The third-order valence-electron chi connectivity index (χ3n) is 4.04. The van der Waals surface area contributed by atoms with Gasteiger partial charge in [-0.3, -0.25) is 0 Å². The van der Waals surface area contributed by atoms with Gasteiger partial charge in [0.1, 0.15) is 0 Å². The average Bonchev–Trinajstić information content (AvgIpc) is 2.84. The van der Waals surface area contributed by atoms with Crippen LogP contribution in [0.4, 0.5) is 5.69 Å². The molecule has 1 fully saturated rings. The maximum absolute atomic E-state index is 3.75. The Morgan fingerprint density at radius 2 is 2.10 bits per heavy atom. The number of hydrogen-bond donors (Lipinski definition) is 1. The van der Waals surface area contributed by atoms with Crippen molar-refractivity contribution in [3.8, 4) is 0 Å². The molecule has 1 heterocycles. The van der Waals surface area contributed by atoms with Gasteiger partial charge in [0.2, 0.25) is 0 Å². The van der Waals surface area contributed by atoms with Crippen molar-refractivity contribution in [3.05, 3.63) is 28.2 Å². The largest absolute Gasteiger partial charge is 0.370 e. The molecule has 0 aromatic heterocycles. The number of nitrogens with one attached hydrogen (secondary N) is 1. The SMILES string of the molecule is CCC1CCN(c2ccc(CNC(C)(C)C)cc2Br)C1. The zero-order valence-corrected chi connectivity index (χ0v) is 14.8. The molecule has 1 aliphatic heterocycles. The van der Waals surface area contributed by atoms with Crippen molar-refractivity contribution >= 4 is 21.6 Å². The summed E-state index contributed by atoms with van der Waals surface area (Å²) in [5.74, 6) is 0.865. The molecule has 20 heavy (non-hydrogen) atoms. The van der Waals surface area contributed by atoms with Crippen molar-refractivity contribution in [1.29, 1.82) is 0 Å². The molecule has 0 radical (unpaired) electrons. The maximum atomic E-state index is 3.75. The Bertz CT molecular complexity index is 451. The molecule has 1 saturated heterocycles.